The highest BCUT2D eigenvalue weighted by Gasteiger charge is 2.58. The van der Waals surface area contributed by atoms with Crippen molar-refractivity contribution in [3.05, 3.63) is 89.5 Å². The molecule has 0 saturated carbocycles. The van der Waals surface area contributed by atoms with E-state index in [1.165, 1.54) is 12.1 Å². The maximum absolute atomic E-state index is 13.6. The van der Waals surface area contributed by atoms with Crippen molar-refractivity contribution in [1.82, 2.24) is 14.8 Å². The fourth-order valence-corrected chi connectivity index (χ4v) is 5.00. The van der Waals surface area contributed by atoms with Crippen LogP contribution in [0.15, 0.2) is 67.0 Å². The minimum Gasteiger partial charge on any atom is -0.427 e. The van der Waals surface area contributed by atoms with Crippen molar-refractivity contribution in [3.63, 3.8) is 0 Å². The number of carbonyl (C=O) groups excluding carboxylic acids is 3. The summed E-state index contributed by atoms with van der Waals surface area (Å²) >= 11 is 0. The molecule has 0 radical (unpaired) electrons. The second-order valence-corrected chi connectivity index (χ2v) is 9.57. The maximum atomic E-state index is 13.6. The highest BCUT2D eigenvalue weighted by Crippen LogP contribution is 2.46. The average molecular weight is 542 g/mol. The van der Waals surface area contributed by atoms with Crippen molar-refractivity contribution in [2.75, 3.05) is 6.54 Å². The number of alkyl halides is 3. The lowest BCUT2D eigenvalue weighted by atomic mass is 9.93. The van der Waals surface area contributed by atoms with Gasteiger partial charge in [-0.25, -0.2) is 14.1 Å². The largest absolute Gasteiger partial charge is 0.427 e. The van der Waals surface area contributed by atoms with Gasteiger partial charge in [-0.3, -0.25) is 14.6 Å². The lowest BCUT2D eigenvalue weighted by Gasteiger charge is -2.31. The van der Waals surface area contributed by atoms with Gasteiger partial charge < -0.3 is 9.64 Å². The molecule has 0 N–H and O–H groups in total. The topological polar surface area (TPSA) is 79.8 Å². The summed E-state index contributed by atoms with van der Waals surface area (Å²) in [6, 6.07) is 11.4. The summed E-state index contributed by atoms with van der Waals surface area (Å²) in [5.74, 6) is -2.48. The second kappa shape index (κ2) is 9.79. The predicted molar refractivity (Wildman–Crippen MR) is 130 cm³/mol. The maximum Gasteiger partial charge on any atom is 0.418 e. The molecule has 1 saturated heterocycles. The highest BCUT2D eigenvalue weighted by atomic mass is 19.4. The number of hydrogen-bond acceptors (Lipinski definition) is 5. The monoisotopic (exact) mass is 541 g/mol. The van der Waals surface area contributed by atoms with E-state index in [9.17, 15) is 31.9 Å². The van der Waals surface area contributed by atoms with Gasteiger partial charge in [-0.05, 0) is 53.8 Å². The Hall–Kier alpha value is -4.28. The minimum atomic E-state index is -4.77. The van der Waals surface area contributed by atoms with Gasteiger partial charge in [-0.1, -0.05) is 36.4 Å². The standard InChI is InChI=1S/C28H23F4N3O4/c1-17(28(30,31)32)34(15-18-4-7-22(29)8-5-18)24(36)16-35-25(37)27(39-26(35)38)11-10-20-13-19(6-9-23(20)27)21-3-2-12-33-14-21/h2-9,12-14,17H,10-11,15-16H2,1H3/t17-,27+/m0/s1. The quantitative estimate of drug-likeness (QED) is 0.411. The molecular formula is C28H23F4N3O4. The summed E-state index contributed by atoms with van der Waals surface area (Å²) in [7, 11) is 0. The molecule has 3 aromatic rings. The number of pyridine rings is 1. The third-order valence-electron chi connectivity index (χ3n) is 7.18. The number of ether oxygens (including phenoxy) is 1. The zero-order valence-corrected chi connectivity index (χ0v) is 20.7. The van der Waals surface area contributed by atoms with Crippen molar-refractivity contribution in [2.24, 2.45) is 0 Å². The van der Waals surface area contributed by atoms with E-state index in [1.807, 2.05) is 12.1 Å². The number of imide groups is 1. The zero-order chi connectivity index (χ0) is 27.9. The Kier molecular flexibility index (Phi) is 6.61. The average Bonchev–Trinajstić information content (AvgIpc) is 3.39. The number of halogens is 4. The summed E-state index contributed by atoms with van der Waals surface area (Å²) in [6.45, 7) is -0.619. The molecule has 2 aromatic carbocycles. The summed E-state index contributed by atoms with van der Waals surface area (Å²) in [4.78, 5) is 44.6. The van der Waals surface area contributed by atoms with E-state index < -0.39 is 54.6 Å². The van der Waals surface area contributed by atoms with Crippen LogP contribution < -0.4 is 0 Å². The Labute approximate surface area is 221 Å². The van der Waals surface area contributed by atoms with Crippen molar-refractivity contribution in [3.8, 4) is 11.1 Å². The first-order chi connectivity index (χ1) is 18.5. The molecule has 11 heteroatoms. The van der Waals surface area contributed by atoms with E-state index in [4.69, 9.17) is 4.74 Å². The number of aromatic nitrogens is 1. The summed E-state index contributed by atoms with van der Waals surface area (Å²) < 4.78 is 59.7. The Balaban J connectivity index is 1.39. The summed E-state index contributed by atoms with van der Waals surface area (Å²) in [5, 5.41) is 0. The van der Waals surface area contributed by atoms with Crippen molar-refractivity contribution < 1.29 is 36.7 Å². The molecule has 0 bridgehead atoms. The molecule has 202 valence electrons. The minimum absolute atomic E-state index is 0.145. The predicted octanol–water partition coefficient (Wildman–Crippen LogP) is 4.99. The fourth-order valence-electron chi connectivity index (χ4n) is 5.00. The van der Waals surface area contributed by atoms with Crippen LogP contribution in [-0.4, -0.2) is 51.5 Å². The smallest absolute Gasteiger partial charge is 0.418 e. The molecule has 5 rings (SSSR count). The van der Waals surface area contributed by atoms with Gasteiger partial charge in [0.25, 0.3) is 5.91 Å². The van der Waals surface area contributed by atoms with Gasteiger partial charge in [0, 0.05) is 30.9 Å². The number of amides is 3. The molecule has 7 nitrogen and oxygen atoms in total. The molecule has 1 aliphatic heterocycles. The summed E-state index contributed by atoms with van der Waals surface area (Å²) in [5.41, 5.74) is 1.60. The van der Waals surface area contributed by atoms with Crippen LogP contribution in [-0.2, 0) is 32.9 Å². The van der Waals surface area contributed by atoms with Crippen LogP contribution in [0, 0.1) is 5.82 Å². The lowest BCUT2D eigenvalue weighted by Crippen LogP contribution is -2.51. The van der Waals surface area contributed by atoms with Gasteiger partial charge in [-0.15, -0.1) is 0 Å². The van der Waals surface area contributed by atoms with Gasteiger partial charge in [0.05, 0.1) is 0 Å². The van der Waals surface area contributed by atoms with Crippen LogP contribution in [0.25, 0.3) is 11.1 Å². The molecule has 1 aromatic heterocycles. The number of rotatable bonds is 6. The number of aryl methyl sites for hydroxylation is 1. The first-order valence-corrected chi connectivity index (χ1v) is 12.2. The van der Waals surface area contributed by atoms with Crippen molar-refractivity contribution in [1.29, 1.82) is 0 Å². The Morgan fingerprint density at radius 3 is 2.54 bits per heavy atom. The fraction of sp³-hybridized carbons (Fsp3) is 0.286. The van der Waals surface area contributed by atoms with Crippen LogP contribution >= 0.6 is 0 Å². The molecule has 1 aliphatic carbocycles. The van der Waals surface area contributed by atoms with Crippen molar-refractivity contribution >= 4 is 17.9 Å². The van der Waals surface area contributed by atoms with Crippen LogP contribution in [0.3, 0.4) is 0 Å². The van der Waals surface area contributed by atoms with Gasteiger partial charge in [0.15, 0.2) is 0 Å². The van der Waals surface area contributed by atoms with Gasteiger partial charge in [-0.2, -0.15) is 13.2 Å². The molecule has 1 fully saturated rings. The van der Waals surface area contributed by atoms with Crippen molar-refractivity contribution in [2.45, 2.75) is 44.1 Å². The Bertz CT molecular complexity index is 1430. The lowest BCUT2D eigenvalue weighted by molar-refractivity contribution is -0.187. The van der Waals surface area contributed by atoms with Gasteiger partial charge in [0.2, 0.25) is 11.5 Å². The molecule has 1 spiro atoms. The number of benzene rings is 2. The van der Waals surface area contributed by atoms with E-state index in [2.05, 4.69) is 4.98 Å². The van der Waals surface area contributed by atoms with Crippen LogP contribution in [0.2, 0.25) is 0 Å². The third kappa shape index (κ3) is 4.84. The van der Waals surface area contributed by atoms with Crippen LogP contribution in [0.5, 0.6) is 0 Å². The SMILES string of the molecule is C[C@H](N(Cc1ccc(F)cc1)C(=O)CN1C(=O)O[C@@]2(CCc3cc(-c4cccnc4)ccc32)C1=O)C(F)(F)F. The van der Waals surface area contributed by atoms with Crippen LogP contribution in [0.1, 0.15) is 30.0 Å². The van der Waals surface area contributed by atoms with Gasteiger partial charge in [0.1, 0.15) is 18.4 Å². The van der Waals surface area contributed by atoms with Crippen LogP contribution in [0.4, 0.5) is 22.4 Å². The molecule has 0 unspecified atom stereocenters. The molecular weight excluding hydrogens is 518 g/mol. The zero-order valence-electron chi connectivity index (χ0n) is 20.7. The van der Waals surface area contributed by atoms with E-state index in [0.717, 1.165) is 35.7 Å². The highest BCUT2D eigenvalue weighted by molar-refractivity contribution is 6.06. The molecule has 2 heterocycles. The first kappa shape index (κ1) is 26.3. The summed E-state index contributed by atoms with van der Waals surface area (Å²) in [6.07, 6.45) is -1.96. The normalized spacial score (nSPS) is 19.3. The number of carbonyl (C=O) groups is 3. The molecule has 39 heavy (non-hydrogen) atoms. The first-order valence-electron chi connectivity index (χ1n) is 12.2. The molecule has 3 amide bonds. The Morgan fingerprint density at radius 1 is 1.13 bits per heavy atom. The molecule has 2 atom stereocenters. The third-order valence-corrected chi connectivity index (χ3v) is 7.18. The second-order valence-electron chi connectivity index (χ2n) is 9.57. The number of fused-ring (bicyclic) bond motifs is 2. The van der Waals surface area contributed by atoms with E-state index in [-0.39, 0.29) is 12.0 Å². The molecule has 2 aliphatic rings. The Morgan fingerprint density at radius 2 is 1.87 bits per heavy atom. The van der Waals surface area contributed by atoms with E-state index >= 15 is 0 Å². The van der Waals surface area contributed by atoms with E-state index in [1.54, 1.807) is 30.6 Å². The number of nitrogens with zero attached hydrogens (tertiary/aromatic N) is 3. The van der Waals surface area contributed by atoms with E-state index in [0.29, 0.717) is 21.8 Å². The number of hydrogen-bond donors (Lipinski definition) is 0. The van der Waals surface area contributed by atoms with Gasteiger partial charge >= 0.3 is 12.3 Å².